The summed E-state index contributed by atoms with van der Waals surface area (Å²) in [6.45, 7) is 8.59. The van der Waals surface area contributed by atoms with Gasteiger partial charge in [0.25, 0.3) is 0 Å². The number of nitrogens with one attached hydrogen (secondary N) is 1. The van der Waals surface area contributed by atoms with Gasteiger partial charge in [-0.3, -0.25) is 9.36 Å². The molecule has 0 aliphatic heterocycles. The van der Waals surface area contributed by atoms with Gasteiger partial charge in [-0.1, -0.05) is 54.6 Å². The first-order chi connectivity index (χ1) is 15.0. The normalized spacial score (nSPS) is 10.7. The number of ether oxygens (including phenoxy) is 1. The van der Waals surface area contributed by atoms with Gasteiger partial charge in [-0.2, -0.15) is 0 Å². The Morgan fingerprint density at radius 3 is 2.74 bits per heavy atom. The molecule has 0 unspecified atom stereocenters. The lowest BCUT2D eigenvalue weighted by molar-refractivity contribution is -0.113. The summed E-state index contributed by atoms with van der Waals surface area (Å²) >= 11 is 7.43. The van der Waals surface area contributed by atoms with Crippen molar-refractivity contribution in [3.63, 3.8) is 0 Å². The quantitative estimate of drug-likeness (QED) is 0.331. The summed E-state index contributed by atoms with van der Waals surface area (Å²) in [5, 5.41) is 12.6. The van der Waals surface area contributed by atoms with Crippen LogP contribution in [0.1, 0.15) is 23.9 Å². The van der Waals surface area contributed by atoms with Gasteiger partial charge in [-0.15, -0.1) is 16.8 Å². The number of thioether (sulfide) groups is 1. The number of anilines is 1. The first kappa shape index (κ1) is 22.9. The molecule has 3 rings (SSSR count). The van der Waals surface area contributed by atoms with Gasteiger partial charge in [0.2, 0.25) is 5.91 Å². The highest BCUT2D eigenvalue weighted by Crippen LogP contribution is 2.24. The molecule has 1 N–H and O–H groups in total. The monoisotopic (exact) mass is 456 g/mol. The van der Waals surface area contributed by atoms with Gasteiger partial charge >= 0.3 is 0 Å². The summed E-state index contributed by atoms with van der Waals surface area (Å²) in [4.78, 5) is 12.4. The van der Waals surface area contributed by atoms with Crippen LogP contribution in [0.25, 0.3) is 0 Å². The predicted octanol–water partition coefficient (Wildman–Crippen LogP) is 5.30. The summed E-state index contributed by atoms with van der Waals surface area (Å²) in [6, 6.07) is 13.4. The molecule has 31 heavy (non-hydrogen) atoms. The van der Waals surface area contributed by atoms with Crippen molar-refractivity contribution >= 4 is 35.0 Å². The summed E-state index contributed by atoms with van der Waals surface area (Å²) in [7, 11) is 0. The van der Waals surface area contributed by atoms with Crippen LogP contribution in [-0.2, 0) is 24.4 Å². The highest BCUT2D eigenvalue weighted by atomic mass is 35.5. The predicted molar refractivity (Wildman–Crippen MR) is 126 cm³/mol. The molecule has 8 heteroatoms. The summed E-state index contributed by atoms with van der Waals surface area (Å²) in [5.41, 5.74) is 2.80. The molecule has 1 aromatic heterocycles. The van der Waals surface area contributed by atoms with E-state index in [1.807, 2.05) is 41.8 Å². The third-order valence-electron chi connectivity index (χ3n) is 4.68. The Bertz CT molecular complexity index is 1050. The van der Waals surface area contributed by atoms with Crippen molar-refractivity contribution < 1.29 is 9.53 Å². The lowest BCUT2D eigenvalue weighted by atomic mass is 10.2. The van der Waals surface area contributed by atoms with Crippen LogP contribution in [0.3, 0.4) is 0 Å². The molecular formula is C23H25ClN4O2S. The second-order valence-corrected chi connectivity index (χ2v) is 8.18. The van der Waals surface area contributed by atoms with E-state index in [0.29, 0.717) is 28.2 Å². The SMILES string of the molecule is C=CCn1c(COc2ccc(CC)cc2)nnc1SCC(=O)Nc1cccc(Cl)c1C. The fourth-order valence-corrected chi connectivity index (χ4v) is 3.81. The van der Waals surface area contributed by atoms with Gasteiger partial charge in [0.15, 0.2) is 11.0 Å². The summed E-state index contributed by atoms with van der Waals surface area (Å²) in [5.74, 6) is 1.50. The van der Waals surface area contributed by atoms with Gasteiger partial charge in [0, 0.05) is 17.3 Å². The van der Waals surface area contributed by atoms with E-state index < -0.39 is 0 Å². The van der Waals surface area contributed by atoms with E-state index in [1.165, 1.54) is 17.3 Å². The van der Waals surface area contributed by atoms with E-state index in [0.717, 1.165) is 17.7 Å². The van der Waals surface area contributed by atoms with Crippen LogP contribution in [0.15, 0.2) is 60.3 Å². The van der Waals surface area contributed by atoms with Gasteiger partial charge in [0.05, 0.1) is 5.75 Å². The summed E-state index contributed by atoms with van der Waals surface area (Å²) < 4.78 is 7.76. The number of hydrogen-bond acceptors (Lipinski definition) is 5. The number of allylic oxidation sites excluding steroid dienone is 1. The third kappa shape index (κ3) is 6.12. The zero-order valence-electron chi connectivity index (χ0n) is 17.6. The minimum Gasteiger partial charge on any atom is -0.486 e. The molecular weight excluding hydrogens is 432 g/mol. The number of hydrogen-bond donors (Lipinski definition) is 1. The number of nitrogens with zero attached hydrogens (tertiary/aromatic N) is 3. The third-order valence-corrected chi connectivity index (χ3v) is 6.06. The Hall–Kier alpha value is -2.77. The number of aryl methyl sites for hydroxylation is 1. The van der Waals surface area contributed by atoms with E-state index in [9.17, 15) is 4.79 Å². The van der Waals surface area contributed by atoms with Crippen LogP contribution < -0.4 is 10.1 Å². The highest BCUT2D eigenvalue weighted by molar-refractivity contribution is 7.99. The molecule has 0 aliphatic rings. The number of carbonyl (C=O) groups is 1. The van der Waals surface area contributed by atoms with E-state index in [-0.39, 0.29) is 18.3 Å². The minimum absolute atomic E-state index is 0.141. The van der Waals surface area contributed by atoms with Gasteiger partial charge in [-0.25, -0.2) is 0 Å². The first-order valence-corrected chi connectivity index (χ1v) is 11.3. The zero-order chi connectivity index (χ0) is 22.2. The molecule has 0 atom stereocenters. The Labute approximate surface area is 191 Å². The largest absolute Gasteiger partial charge is 0.486 e. The standard InChI is InChI=1S/C23H25ClN4O2S/c1-4-13-28-21(14-30-18-11-9-17(5-2)10-12-18)26-27-23(28)31-15-22(29)25-20-8-6-7-19(24)16(20)3/h4,6-12H,1,5,13-15H2,2-3H3,(H,25,29). The average Bonchev–Trinajstić information content (AvgIpc) is 3.16. The van der Waals surface area contributed by atoms with Crippen LogP contribution in [0.5, 0.6) is 5.75 Å². The number of carbonyl (C=O) groups excluding carboxylic acids is 1. The average molecular weight is 457 g/mol. The number of rotatable bonds is 10. The van der Waals surface area contributed by atoms with Crippen LogP contribution in [0.2, 0.25) is 5.02 Å². The molecule has 0 saturated heterocycles. The van der Waals surface area contributed by atoms with Crippen LogP contribution in [-0.4, -0.2) is 26.4 Å². The van der Waals surface area contributed by atoms with E-state index in [1.54, 1.807) is 18.2 Å². The molecule has 2 aromatic carbocycles. The van der Waals surface area contributed by atoms with Crippen molar-refractivity contribution in [2.24, 2.45) is 0 Å². The highest BCUT2D eigenvalue weighted by Gasteiger charge is 2.15. The fraction of sp³-hybridized carbons (Fsp3) is 0.261. The minimum atomic E-state index is -0.141. The maximum atomic E-state index is 12.4. The lowest BCUT2D eigenvalue weighted by Gasteiger charge is -2.11. The van der Waals surface area contributed by atoms with Crippen LogP contribution in [0, 0.1) is 6.92 Å². The van der Waals surface area contributed by atoms with Crippen molar-refractivity contribution in [1.82, 2.24) is 14.8 Å². The molecule has 0 saturated carbocycles. The van der Waals surface area contributed by atoms with E-state index in [4.69, 9.17) is 16.3 Å². The lowest BCUT2D eigenvalue weighted by Crippen LogP contribution is -2.15. The molecule has 1 amide bonds. The van der Waals surface area contributed by atoms with Crippen molar-refractivity contribution in [1.29, 1.82) is 0 Å². The van der Waals surface area contributed by atoms with E-state index >= 15 is 0 Å². The smallest absolute Gasteiger partial charge is 0.234 e. The number of halogens is 1. The van der Waals surface area contributed by atoms with Gasteiger partial charge < -0.3 is 10.1 Å². The van der Waals surface area contributed by atoms with Crippen molar-refractivity contribution in [3.05, 3.63) is 77.1 Å². The molecule has 3 aromatic rings. The molecule has 0 radical (unpaired) electrons. The Kier molecular flexibility index (Phi) is 8.14. The van der Waals surface area contributed by atoms with Crippen molar-refractivity contribution in [3.8, 4) is 5.75 Å². The Morgan fingerprint density at radius 2 is 2.03 bits per heavy atom. The number of amides is 1. The maximum absolute atomic E-state index is 12.4. The van der Waals surface area contributed by atoms with E-state index in [2.05, 4.69) is 29.0 Å². The topological polar surface area (TPSA) is 69.0 Å². The molecule has 0 aliphatic carbocycles. The number of aromatic nitrogens is 3. The van der Waals surface area contributed by atoms with Crippen LogP contribution in [0.4, 0.5) is 5.69 Å². The maximum Gasteiger partial charge on any atom is 0.234 e. The Morgan fingerprint density at radius 1 is 1.26 bits per heavy atom. The molecule has 0 spiro atoms. The molecule has 0 bridgehead atoms. The van der Waals surface area contributed by atoms with Crippen LogP contribution >= 0.6 is 23.4 Å². The fourth-order valence-electron chi connectivity index (χ4n) is 2.87. The second kappa shape index (κ2) is 11.0. The van der Waals surface area contributed by atoms with Gasteiger partial charge in [0.1, 0.15) is 12.4 Å². The van der Waals surface area contributed by atoms with Crippen molar-refractivity contribution in [2.75, 3.05) is 11.1 Å². The molecule has 1 heterocycles. The van der Waals surface area contributed by atoms with Crippen molar-refractivity contribution in [2.45, 2.75) is 38.6 Å². The molecule has 0 fully saturated rings. The number of benzene rings is 2. The molecule has 6 nitrogen and oxygen atoms in total. The summed E-state index contributed by atoms with van der Waals surface area (Å²) in [6.07, 6.45) is 2.75. The zero-order valence-corrected chi connectivity index (χ0v) is 19.2. The first-order valence-electron chi connectivity index (χ1n) is 9.94. The molecule has 162 valence electrons. The Balaban J connectivity index is 1.61. The van der Waals surface area contributed by atoms with Gasteiger partial charge in [-0.05, 0) is 48.7 Å². The second-order valence-electron chi connectivity index (χ2n) is 6.83.